The number of rotatable bonds is 4. The van der Waals surface area contributed by atoms with E-state index < -0.39 is 0 Å². The van der Waals surface area contributed by atoms with Gasteiger partial charge in [-0.05, 0) is 29.8 Å². The maximum atomic E-state index is 13.4. The number of piperazine rings is 1. The van der Waals surface area contributed by atoms with Crippen LogP contribution in [0.5, 0.6) is 0 Å². The van der Waals surface area contributed by atoms with E-state index >= 15 is 0 Å². The molecule has 3 heterocycles. The number of aromatic nitrogens is 1. The first-order valence-electron chi connectivity index (χ1n) is 10.8. The van der Waals surface area contributed by atoms with Crippen molar-refractivity contribution in [1.82, 2.24) is 9.88 Å². The Bertz CT molecular complexity index is 1420. The van der Waals surface area contributed by atoms with Gasteiger partial charge >= 0.3 is 0 Å². The summed E-state index contributed by atoms with van der Waals surface area (Å²) in [4.78, 5) is 21.4. The van der Waals surface area contributed by atoms with Crippen molar-refractivity contribution in [2.75, 3.05) is 31.1 Å². The smallest absolute Gasteiger partial charge is 0.266 e. The van der Waals surface area contributed by atoms with Gasteiger partial charge in [0.1, 0.15) is 6.07 Å². The van der Waals surface area contributed by atoms with Crippen molar-refractivity contribution in [2.45, 2.75) is 0 Å². The number of hydrogen-bond donors (Lipinski definition) is 0. The van der Waals surface area contributed by atoms with Gasteiger partial charge in [-0.2, -0.15) is 15.5 Å². The molecule has 5 rings (SSSR count). The van der Waals surface area contributed by atoms with Crippen LogP contribution in [0, 0.1) is 22.7 Å². The van der Waals surface area contributed by atoms with E-state index in [4.69, 9.17) is 8.83 Å². The zero-order valence-corrected chi connectivity index (χ0v) is 18.1. The molecule has 0 N–H and O–H groups in total. The van der Waals surface area contributed by atoms with Crippen LogP contribution in [0.2, 0.25) is 0 Å². The molecule has 4 aromatic rings. The second-order valence-corrected chi connectivity index (χ2v) is 7.74. The van der Waals surface area contributed by atoms with Crippen LogP contribution in [0.1, 0.15) is 21.6 Å². The monoisotopic (exact) mass is 449 g/mol. The van der Waals surface area contributed by atoms with Gasteiger partial charge < -0.3 is 18.6 Å². The summed E-state index contributed by atoms with van der Waals surface area (Å²) in [6.07, 6.45) is 1.52. The van der Waals surface area contributed by atoms with Crippen LogP contribution in [0.25, 0.3) is 22.8 Å². The summed E-state index contributed by atoms with van der Waals surface area (Å²) in [5.41, 5.74) is 2.73. The maximum Gasteiger partial charge on any atom is 0.266 e. The largest absolute Gasteiger partial charge is 0.459 e. The van der Waals surface area contributed by atoms with Gasteiger partial charge in [-0.15, -0.1) is 0 Å². The van der Waals surface area contributed by atoms with Crippen LogP contribution in [-0.2, 0) is 0 Å². The summed E-state index contributed by atoms with van der Waals surface area (Å²) < 4.78 is 11.2. The number of anilines is 1. The van der Waals surface area contributed by atoms with Gasteiger partial charge in [0.15, 0.2) is 5.76 Å². The van der Waals surface area contributed by atoms with Gasteiger partial charge in [0.05, 0.1) is 17.9 Å². The molecular formula is C26H19N5O3. The van der Waals surface area contributed by atoms with Crippen LogP contribution in [-0.4, -0.2) is 42.0 Å². The summed E-state index contributed by atoms with van der Waals surface area (Å²) in [6, 6.07) is 22.3. The lowest BCUT2D eigenvalue weighted by atomic mass is 9.95. The molecule has 0 aliphatic carbocycles. The van der Waals surface area contributed by atoms with Gasteiger partial charge in [0.25, 0.3) is 11.8 Å². The first kappa shape index (κ1) is 21.0. The fourth-order valence-electron chi connectivity index (χ4n) is 4.11. The van der Waals surface area contributed by atoms with Crippen molar-refractivity contribution in [2.24, 2.45) is 0 Å². The summed E-state index contributed by atoms with van der Waals surface area (Å²) in [5.74, 6) is 0.979. The Balaban J connectivity index is 1.36. The molecule has 2 aromatic carbocycles. The van der Waals surface area contributed by atoms with Crippen molar-refractivity contribution >= 4 is 11.8 Å². The van der Waals surface area contributed by atoms with Crippen LogP contribution < -0.4 is 4.90 Å². The minimum Gasteiger partial charge on any atom is -0.459 e. The molecule has 8 nitrogen and oxygen atoms in total. The fourth-order valence-corrected chi connectivity index (χ4v) is 4.11. The molecule has 0 saturated carbocycles. The molecule has 1 saturated heterocycles. The highest BCUT2D eigenvalue weighted by atomic mass is 16.4. The van der Waals surface area contributed by atoms with E-state index in [2.05, 4.69) is 17.1 Å². The van der Waals surface area contributed by atoms with Gasteiger partial charge in [0, 0.05) is 37.3 Å². The van der Waals surface area contributed by atoms with E-state index in [-0.39, 0.29) is 17.5 Å². The van der Waals surface area contributed by atoms with Crippen molar-refractivity contribution in [3.8, 4) is 34.9 Å². The normalized spacial score (nSPS) is 13.4. The zero-order valence-electron chi connectivity index (χ0n) is 18.1. The lowest BCUT2D eigenvalue weighted by molar-refractivity contribution is 0.0746. The van der Waals surface area contributed by atoms with Crippen LogP contribution in [0.3, 0.4) is 0 Å². The molecule has 0 radical (unpaired) electrons. The lowest BCUT2D eigenvalue weighted by Gasteiger charge is -2.34. The van der Waals surface area contributed by atoms with Crippen LogP contribution in [0.15, 0.2) is 75.8 Å². The van der Waals surface area contributed by atoms with Gasteiger partial charge in [0.2, 0.25) is 11.6 Å². The average molecular weight is 449 g/mol. The molecule has 34 heavy (non-hydrogen) atoms. The van der Waals surface area contributed by atoms with Crippen LogP contribution in [0.4, 0.5) is 5.88 Å². The highest BCUT2D eigenvalue weighted by Gasteiger charge is 2.28. The summed E-state index contributed by atoms with van der Waals surface area (Å²) in [7, 11) is 0. The van der Waals surface area contributed by atoms with E-state index in [9.17, 15) is 15.3 Å². The summed E-state index contributed by atoms with van der Waals surface area (Å²) >= 11 is 0. The van der Waals surface area contributed by atoms with E-state index in [0.717, 1.165) is 11.1 Å². The maximum absolute atomic E-state index is 13.4. The molecule has 2 aromatic heterocycles. The highest BCUT2D eigenvalue weighted by Crippen LogP contribution is 2.31. The first-order valence-corrected chi connectivity index (χ1v) is 10.8. The highest BCUT2D eigenvalue weighted by molar-refractivity contribution is 6.01. The quantitative estimate of drug-likeness (QED) is 0.456. The Morgan fingerprint density at radius 3 is 2.32 bits per heavy atom. The Morgan fingerprint density at radius 2 is 1.62 bits per heavy atom. The second-order valence-electron chi connectivity index (χ2n) is 7.74. The van der Waals surface area contributed by atoms with Crippen molar-refractivity contribution in [1.29, 1.82) is 10.5 Å². The van der Waals surface area contributed by atoms with Crippen molar-refractivity contribution in [3.63, 3.8) is 0 Å². The molecular weight excluding hydrogens is 430 g/mol. The Labute approximate surface area is 195 Å². The Hall–Kier alpha value is -4.82. The van der Waals surface area contributed by atoms with E-state index in [1.54, 1.807) is 29.2 Å². The Kier molecular flexibility index (Phi) is 5.55. The number of oxazole rings is 1. The molecule has 1 amide bonds. The van der Waals surface area contributed by atoms with E-state index in [1.165, 1.54) is 6.26 Å². The molecule has 0 atom stereocenters. The third-order valence-electron chi connectivity index (χ3n) is 5.80. The molecule has 1 aliphatic rings. The Morgan fingerprint density at radius 1 is 0.882 bits per heavy atom. The van der Waals surface area contributed by atoms with Crippen molar-refractivity contribution in [3.05, 3.63) is 83.7 Å². The number of hydrogen-bond acceptors (Lipinski definition) is 7. The second kappa shape index (κ2) is 8.97. The van der Waals surface area contributed by atoms with Gasteiger partial charge in [-0.1, -0.05) is 36.4 Å². The first-order chi connectivity index (χ1) is 16.7. The molecule has 1 fully saturated rings. The zero-order chi connectivity index (χ0) is 23.5. The minimum atomic E-state index is -0.0997. The number of carbonyl (C=O) groups excluding carboxylic acids is 1. The molecule has 1 aliphatic heterocycles. The van der Waals surface area contributed by atoms with E-state index in [0.29, 0.717) is 49.0 Å². The molecule has 8 heteroatoms. The number of amides is 1. The van der Waals surface area contributed by atoms with Crippen LogP contribution >= 0.6 is 0 Å². The molecule has 0 bridgehead atoms. The number of carbonyl (C=O) groups is 1. The predicted molar refractivity (Wildman–Crippen MR) is 124 cm³/mol. The number of furan rings is 1. The summed E-state index contributed by atoms with van der Waals surface area (Å²) in [6.45, 7) is 1.89. The number of benzene rings is 2. The average Bonchev–Trinajstić information content (AvgIpc) is 3.58. The fraction of sp³-hybridized carbons (Fsp3) is 0.154. The SMILES string of the molecule is N#Cc1ccccc1-c1ccccc1C(=O)N1CCN(c2oc(-c3ccco3)nc2C#N)CC1. The molecule has 0 spiro atoms. The third-order valence-corrected chi connectivity index (χ3v) is 5.80. The van der Waals surface area contributed by atoms with Gasteiger partial charge in [-0.3, -0.25) is 4.79 Å². The predicted octanol–water partition coefficient (Wildman–Crippen LogP) is 4.31. The van der Waals surface area contributed by atoms with E-state index in [1.807, 2.05) is 41.3 Å². The van der Waals surface area contributed by atoms with Crippen molar-refractivity contribution < 1.29 is 13.6 Å². The third kappa shape index (κ3) is 3.78. The minimum absolute atomic E-state index is 0.0997. The molecule has 166 valence electrons. The number of nitriles is 2. The standard InChI is InChI=1S/C26H19N5O3/c27-16-18-6-1-2-7-19(18)20-8-3-4-9-21(20)25(32)30-11-13-31(14-12-30)26-22(17-28)29-24(34-26)23-10-5-15-33-23/h1-10,15H,11-14H2. The number of nitrogens with zero attached hydrogens (tertiary/aromatic N) is 5. The molecule has 0 unspecified atom stereocenters. The van der Waals surface area contributed by atoms with Gasteiger partial charge in [-0.25, -0.2) is 0 Å². The lowest BCUT2D eigenvalue weighted by Crippen LogP contribution is -2.49. The summed E-state index contributed by atoms with van der Waals surface area (Å²) in [5, 5.41) is 19.0. The topological polar surface area (TPSA) is 110 Å².